The highest BCUT2D eigenvalue weighted by Gasteiger charge is 2.27. The Hall–Kier alpha value is -4.06. The van der Waals surface area contributed by atoms with Gasteiger partial charge in [-0.05, 0) is 35.4 Å². The number of hydrogen-bond acceptors (Lipinski definition) is 4. The molecule has 6 heteroatoms. The summed E-state index contributed by atoms with van der Waals surface area (Å²) in [5.41, 5.74) is 4.75. The van der Waals surface area contributed by atoms with Crippen LogP contribution in [0.4, 0.5) is 5.69 Å². The van der Waals surface area contributed by atoms with E-state index in [9.17, 15) is 9.59 Å². The standard InChI is InChI=1S/C25H20N4O2/c1-14(2)23-27-24(29-28-23)19-9-5-6-10-21(19)26-25(31)15-11-12-17-16-7-3-4-8-18(16)22(30)20(17)13-15/h3-14H,1-2H3,(H,26,31)(H,27,28,29). The van der Waals surface area contributed by atoms with Crippen molar-refractivity contribution in [2.45, 2.75) is 19.8 Å². The number of ketones is 1. The maximum absolute atomic E-state index is 13.0. The maximum Gasteiger partial charge on any atom is 0.255 e. The molecular formula is C25H20N4O2. The van der Waals surface area contributed by atoms with E-state index < -0.39 is 0 Å². The summed E-state index contributed by atoms with van der Waals surface area (Å²) >= 11 is 0. The number of anilines is 1. The summed E-state index contributed by atoms with van der Waals surface area (Å²) in [5, 5.41) is 10.2. The van der Waals surface area contributed by atoms with Crippen LogP contribution in [0.1, 0.15) is 51.9 Å². The second-order valence-electron chi connectivity index (χ2n) is 7.83. The summed E-state index contributed by atoms with van der Waals surface area (Å²) < 4.78 is 0. The van der Waals surface area contributed by atoms with Crippen molar-refractivity contribution >= 4 is 17.4 Å². The lowest BCUT2D eigenvalue weighted by atomic mass is 10.0. The van der Waals surface area contributed by atoms with E-state index in [2.05, 4.69) is 20.5 Å². The SMILES string of the molecule is CC(C)c1nc(-c2ccccc2NC(=O)c2ccc3c(c2)C(=O)c2ccccc2-3)n[nH]1. The Labute approximate surface area is 179 Å². The molecule has 1 heterocycles. The molecule has 31 heavy (non-hydrogen) atoms. The minimum Gasteiger partial charge on any atom is -0.321 e. The van der Waals surface area contributed by atoms with Crippen LogP contribution in [0.2, 0.25) is 0 Å². The summed E-state index contributed by atoms with van der Waals surface area (Å²) in [5.74, 6) is 1.18. The number of carbonyl (C=O) groups excluding carboxylic acids is 2. The zero-order chi connectivity index (χ0) is 21.5. The first-order valence-corrected chi connectivity index (χ1v) is 10.1. The fraction of sp³-hybridized carbons (Fsp3) is 0.120. The topological polar surface area (TPSA) is 87.7 Å². The lowest BCUT2D eigenvalue weighted by Gasteiger charge is -2.10. The van der Waals surface area contributed by atoms with Gasteiger partial charge in [-0.3, -0.25) is 14.7 Å². The normalized spacial score (nSPS) is 12.0. The average Bonchev–Trinajstić information content (AvgIpc) is 3.38. The number of rotatable bonds is 4. The molecule has 4 aromatic rings. The molecule has 0 radical (unpaired) electrons. The van der Waals surface area contributed by atoms with Crippen molar-refractivity contribution < 1.29 is 9.59 Å². The number of hydrogen-bond donors (Lipinski definition) is 2. The molecule has 2 N–H and O–H groups in total. The van der Waals surface area contributed by atoms with Crippen LogP contribution in [0.15, 0.2) is 66.7 Å². The number of H-pyrrole nitrogens is 1. The predicted molar refractivity (Wildman–Crippen MR) is 119 cm³/mol. The Morgan fingerprint density at radius 1 is 0.871 bits per heavy atom. The van der Waals surface area contributed by atoms with Crippen LogP contribution >= 0.6 is 0 Å². The van der Waals surface area contributed by atoms with Gasteiger partial charge in [0.15, 0.2) is 11.6 Å². The zero-order valence-corrected chi connectivity index (χ0v) is 17.1. The highest BCUT2D eigenvalue weighted by Crippen LogP contribution is 2.37. The Bertz CT molecular complexity index is 1340. The third kappa shape index (κ3) is 3.22. The van der Waals surface area contributed by atoms with Gasteiger partial charge >= 0.3 is 0 Å². The molecule has 1 aromatic heterocycles. The quantitative estimate of drug-likeness (QED) is 0.435. The third-order valence-electron chi connectivity index (χ3n) is 5.45. The first-order chi connectivity index (χ1) is 15.0. The highest BCUT2D eigenvalue weighted by molar-refractivity contribution is 6.22. The molecule has 0 unspecified atom stereocenters. The van der Waals surface area contributed by atoms with E-state index in [1.807, 2.05) is 68.4 Å². The number of fused-ring (bicyclic) bond motifs is 3. The molecule has 0 bridgehead atoms. The molecular weight excluding hydrogens is 388 g/mol. The summed E-state index contributed by atoms with van der Waals surface area (Å²) in [6.45, 7) is 4.07. The van der Waals surface area contributed by atoms with Crippen molar-refractivity contribution in [2.75, 3.05) is 5.32 Å². The van der Waals surface area contributed by atoms with Gasteiger partial charge in [0.1, 0.15) is 5.82 Å². The number of aromatic amines is 1. The third-order valence-corrected chi connectivity index (χ3v) is 5.45. The number of amides is 1. The van der Waals surface area contributed by atoms with Gasteiger partial charge in [-0.25, -0.2) is 4.98 Å². The second-order valence-corrected chi connectivity index (χ2v) is 7.83. The molecule has 0 atom stereocenters. The van der Waals surface area contributed by atoms with E-state index in [4.69, 9.17) is 0 Å². The fourth-order valence-corrected chi connectivity index (χ4v) is 3.80. The molecule has 1 amide bonds. The van der Waals surface area contributed by atoms with Gasteiger partial charge in [-0.1, -0.05) is 56.3 Å². The number of nitrogens with zero attached hydrogens (tertiary/aromatic N) is 2. The van der Waals surface area contributed by atoms with Crippen LogP contribution in [-0.2, 0) is 0 Å². The molecule has 0 saturated carbocycles. The van der Waals surface area contributed by atoms with Crippen molar-refractivity contribution in [1.82, 2.24) is 15.2 Å². The molecule has 0 spiro atoms. The van der Waals surface area contributed by atoms with Gasteiger partial charge in [0.2, 0.25) is 0 Å². The molecule has 5 rings (SSSR count). The first kappa shape index (κ1) is 18.9. The van der Waals surface area contributed by atoms with Crippen LogP contribution in [0.5, 0.6) is 0 Å². The van der Waals surface area contributed by atoms with Crippen LogP contribution in [0.25, 0.3) is 22.5 Å². The van der Waals surface area contributed by atoms with Crippen molar-refractivity contribution in [2.24, 2.45) is 0 Å². The van der Waals surface area contributed by atoms with E-state index in [1.165, 1.54) is 0 Å². The van der Waals surface area contributed by atoms with Crippen molar-refractivity contribution in [1.29, 1.82) is 0 Å². The van der Waals surface area contributed by atoms with Gasteiger partial charge in [-0.2, -0.15) is 5.10 Å². The van der Waals surface area contributed by atoms with Gasteiger partial charge in [-0.15, -0.1) is 0 Å². The van der Waals surface area contributed by atoms with E-state index in [0.717, 1.165) is 22.5 Å². The summed E-state index contributed by atoms with van der Waals surface area (Å²) in [4.78, 5) is 30.3. The van der Waals surface area contributed by atoms with Crippen molar-refractivity contribution in [3.05, 3.63) is 89.2 Å². The van der Waals surface area contributed by atoms with Crippen LogP contribution < -0.4 is 5.32 Å². The monoisotopic (exact) mass is 408 g/mol. The molecule has 0 saturated heterocycles. The zero-order valence-electron chi connectivity index (χ0n) is 17.1. The maximum atomic E-state index is 13.0. The molecule has 0 aliphatic heterocycles. The number of benzene rings is 3. The number of para-hydroxylation sites is 1. The van der Waals surface area contributed by atoms with E-state index >= 15 is 0 Å². The highest BCUT2D eigenvalue weighted by atomic mass is 16.1. The smallest absolute Gasteiger partial charge is 0.255 e. The lowest BCUT2D eigenvalue weighted by Crippen LogP contribution is -2.13. The Balaban J connectivity index is 1.45. The van der Waals surface area contributed by atoms with Crippen LogP contribution in [0.3, 0.4) is 0 Å². The molecule has 1 aliphatic rings. The lowest BCUT2D eigenvalue weighted by molar-refractivity contribution is 0.102. The summed E-state index contributed by atoms with van der Waals surface area (Å²) in [7, 11) is 0. The minimum atomic E-state index is -0.293. The molecule has 6 nitrogen and oxygen atoms in total. The number of aromatic nitrogens is 3. The molecule has 3 aromatic carbocycles. The van der Waals surface area contributed by atoms with Gasteiger partial charge < -0.3 is 5.32 Å². The van der Waals surface area contributed by atoms with Gasteiger partial charge in [0, 0.05) is 28.2 Å². The van der Waals surface area contributed by atoms with E-state index in [1.54, 1.807) is 12.1 Å². The molecule has 152 valence electrons. The number of nitrogens with one attached hydrogen (secondary N) is 2. The van der Waals surface area contributed by atoms with Crippen LogP contribution in [0, 0.1) is 0 Å². The van der Waals surface area contributed by atoms with Crippen molar-refractivity contribution in [3.8, 4) is 22.5 Å². The van der Waals surface area contributed by atoms with Gasteiger partial charge in [0.05, 0.1) is 5.69 Å². The minimum absolute atomic E-state index is 0.0532. The summed E-state index contributed by atoms with van der Waals surface area (Å²) in [6, 6.07) is 20.2. The Morgan fingerprint density at radius 3 is 2.29 bits per heavy atom. The molecule has 1 aliphatic carbocycles. The Morgan fingerprint density at radius 2 is 1.55 bits per heavy atom. The number of carbonyl (C=O) groups is 2. The Kier molecular flexibility index (Phi) is 4.47. The fourth-order valence-electron chi connectivity index (χ4n) is 3.80. The average molecular weight is 408 g/mol. The second kappa shape index (κ2) is 7.32. The van der Waals surface area contributed by atoms with Crippen molar-refractivity contribution in [3.63, 3.8) is 0 Å². The van der Waals surface area contributed by atoms with E-state index in [-0.39, 0.29) is 17.6 Å². The van der Waals surface area contributed by atoms with Gasteiger partial charge in [0.25, 0.3) is 5.91 Å². The predicted octanol–water partition coefficient (Wildman–Crippen LogP) is 5.06. The summed E-state index contributed by atoms with van der Waals surface area (Å²) in [6.07, 6.45) is 0. The molecule has 0 fully saturated rings. The first-order valence-electron chi connectivity index (χ1n) is 10.1. The van der Waals surface area contributed by atoms with E-state index in [0.29, 0.717) is 28.2 Å². The largest absolute Gasteiger partial charge is 0.321 e. The van der Waals surface area contributed by atoms with Crippen LogP contribution in [-0.4, -0.2) is 26.9 Å².